The van der Waals surface area contributed by atoms with E-state index in [9.17, 15) is 9.59 Å². The Morgan fingerprint density at radius 1 is 1.26 bits per heavy atom. The van der Waals surface area contributed by atoms with Crippen LogP contribution >= 0.6 is 0 Å². The second kappa shape index (κ2) is 6.90. The second-order valence-electron chi connectivity index (χ2n) is 7.03. The zero-order chi connectivity index (χ0) is 19.0. The van der Waals surface area contributed by atoms with E-state index in [4.69, 9.17) is 4.42 Å². The van der Waals surface area contributed by atoms with E-state index in [-0.39, 0.29) is 23.8 Å². The lowest BCUT2D eigenvalue weighted by molar-refractivity contribution is -0.117. The lowest BCUT2D eigenvalue weighted by atomic mass is 10.0. The topological polar surface area (TPSA) is 104 Å². The standard InChI is InChI=1S/C18H22N6O3/c1-11(2)13-17(25)22-14-15(21-13)19-10-20-16(14)23-5-7-24(8-6-23)18(26)12-4-3-9-27-12/h3-4,9-11,13H,5-8H2,1-2H3,(H,22,25)(H,19,20,21). The smallest absolute Gasteiger partial charge is 0.289 e. The number of carbonyl (C=O) groups excluding carboxylic acids is 2. The fraction of sp³-hybridized carbons (Fsp3) is 0.444. The van der Waals surface area contributed by atoms with Crippen LogP contribution in [0.2, 0.25) is 0 Å². The van der Waals surface area contributed by atoms with Crippen molar-refractivity contribution in [2.45, 2.75) is 19.9 Å². The zero-order valence-corrected chi connectivity index (χ0v) is 15.3. The van der Waals surface area contributed by atoms with Gasteiger partial charge in [0.2, 0.25) is 5.91 Å². The molecule has 2 aromatic rings. The molecule has 2 aromatic heterocycles. The minimum atomic E-state index is -0.317. The lowest BCUT2D eigenvalue weighted by Crippen LogP contribution is -2.50. The molecule has 1 atom stereocenters. The Kier molecular flexibility index (Phi) is 4.43. The Hall–Kier alpha value is -3.10. The maximum atomic E-state index is 12.4. The SMILES string of the molecule is CC(C)C1Nc2ncnc(N3CCN(C(=O)c4ccco4)CC3)c2NC1=O. The molecule has 0 bridgehead atoms. The molecule has 9 nitrogen and oxygen atoms in total. The third-order valence-corrected chi connectivity index (χ3v) is 4.92. The van der Waals surface area contributed by atoms with Crippen molar-refractivity contribution in [3.8, 4) is 0 Å². The van der Waals surface area contributed by atoms with Crippen LogP contribution in [0.3, 0.4) is 0 Å². The minimum Gasteiger partial charge on any atom is -0.459 e. The molecule has 0 saturated carbocycles. The lowest BCUT2D eigenvalue weighted by Gasteiger charge is -2.37. The fourth-order valence-corrected chi connectivity index (χ4v) is 3.40. The minimum absolute atomic E-state index is 0.0832. The largest absolute Gasteiger partial charge is 0.459 e. The number of aromatic nitrogens is 2. The number of fused-ring (bicyclic) bond motifs is 1. The van der Waals surface area contributed by atoms with Crippen LogP contribution in [0, 0.1) is 5.92 Å². The number of hydrogen-bond acceptors (Lipinski definition) is 7. The van der Waals surface area contributed by atoms with Gasteiger partial charge in [-0.15, -0.1) is 0 Å². The van der Waals surface area contributed by atoms with Crippen LogP contribution in [-0.4, -0.2) is 58.9 Å². The quantitative estimate of drug-likeness (QED) is 0.842. The van der Waals surface area contributed by atoms with Gasteiger partial charge in [-0.3, -0.25) is 9.59 Å². The summed E-state index contributed by atoms with van der Waals surface area (Å²) in [6.45, 7) is 6.29. The van der Waals surface area contributed by atoms with Crippen molar-refractivity contribution in [1.29, 1.82) is 0 Å². The summed E-state index contributed by atoms with van der Waals surface area (Å²) < 4.78 is 5.19. The summed E-state index contributed by atoms with van der Waals surface area (Å²) in [6.07, 6.45) is 2.99. The first-order valence-corrected chi connectivity index (χ1v) is 9.04. The number of piperazine rings is 1. The molecule has 142 valence electrons. The van der Waals surface area contributed by atoms with Gasteiger partial charge in [-0.25, -0.2) is 9.97 Å². The summed E-state index contributed by atoms with van der Waals surface area (Å²) in [6, 6.07) is 3.06. The van der Waals surface area contributed by atoms with Gasteiger partial charge in [-0.05, 0) is 18.1 Å². The molecular weight excluding hydrogens is 348 g/mol. The van der Waals surface area contributed by atoms with Crippen molar-refractivity contribution in [3.05, 3.63) is 30.5 Å². The van der Waals surface area contributed by atoms with Crippen LogP contribution in [-0.2, 0) is 4.79 Å². The maximum Gasteiger partial charge on any atom is 0.289 e. The highest BCUT2D eigenvalue weighted by molar-refractivity contribution is 6.05. The molecule has 1 saturated heterocycles. The highest BCUT2D eigenvalue weighted by Crippen LogP contribution is 2.34. The van der Waals surface area contributed by atoms with Crippen molar-refractivity contribution in [3.63, 3.8) is 0 Å². The molecule has 27 heavy (non-hydrogen) atoms. The molecule has 2 aliphatic heterocycles. The molecule has 0 radical (unpaired) electrons. The first-order valence-electron chi connectivity index (χ1n) is 9.04. The van der Waals surface area contributed by atoms with E-state index in [2.05, 4.69) is 25.5 Å². The third kappa shape index (κ3) is 3.20. The van der Waals surface area contributed by atoms with Crippen molar-refractivity contribution in [1.82, 2.24) is 14.9 Å². The van der Waals surface area contributed by atoms with E-state index >= 15 is 0 Å². The Balaban J connectivity index is 1.49. The number of nitrogens with zero attached hydrogens (tertiary/aromatic N) is 4. The van der Waals surface area contributed by atoms with E-state index in [0.29, 0.717) is 49.3 Å². The normalized spacial score (nSPS) is 19.5. The van der Waals surface area contributed by atoms with E-state index in [1.54, 1.807) is 17.0 Å². The predicted octanol–water partition coefficient (Wildman–Crippen LogP) is 1.42. The number of hydrogen-bond donors (Lipinski definition) is 2. The molecular formula is C18H22N6O3. The van der Waals surface area contributed by atoms with E-state index in [1.807, 2.05) is 13.8 Å². The molecule has 0 spiro atoms. The summed E-state index contributed by atoms with van der Waals surface area (Å²) in [5, 5.41) is 6.15. The summed E-state index contributed by atoms with van der Waals surface area (Å²) in [5.41, 5.74) is 0.602. The first-order chi connectivity index (χ1) is 13.0. The van der Waals surface area contributed by atoms with Crippen LogP contribution in [0.15, 0.2) is 29.1 Å². The number of amides is 2. The maximum absolute atomic E-state index is 12.4. The average molecular weight is 370 g/mol. The van der Waals surface area contributed by atoms with Gasteiger partial charge in [-0.1, -0.05) is 13.8 Å². The number of rotatable bonds is 3. The van der Waals surface area contributed by atoms with Crippen molar-refractivity contribution in [2.24, 2.45) is 5.92 Å². The molecule has 1 unspecified atom stereocenters. The number of anilines is 3. The zero-order valence-electron chi connectivity index (χ0n) is 15.3. The summed E-state index contributed by atoms with van der Waals surface area (Å²) in [4.78, 5) is 37.3. The van der Waals surface area contributed by atoms with Crippen LogP contribution < -0.4 is 15.5 Å². The summed E-state index contributed by atoms with van der Waals surface area (Å²) >= 11 is 0. The number of furan rings is 1. The molecule has 4 rings (SSSR count). The number of carbonyl (C=O) groups is 2. The molecule has 0 aliphatic carbocycles. The Bertz CT molecular complexity index is 843. The Morgan fingerprint density at radius 2 is 2.04 bits per heavy atom. The molecule has 2 aliphatic rings. The van der Waals surface area contributed by atoms with Gasteiger partial charge in [0.1, 0.15) is 18.1 Å². The van der Waals surface area contributed by atoms with E-state index in [0.717, 1.165) is 0 Å². The Labute approximate surface area is 156 Å². The van der Waals surface area contributed by atoms with Gasteiger partial charge in [0.15, 0.2) is 17.4 Å². The van der Waals surface area contributed by atoms with Gasteiger partial charge in [0, 0.05) is 26.2 Å². The molecule has 2 N–H and O–H groups in total. The van der Waals surface area contributed by atoms with Crippen molar-refractivity contribution >= 4 is 29.1 Å². The fourth-order valence-electron chi connectivity index (χ4n) is 3.40. The van der Waals surface area contributed by atoms with Gasteiger partial charge >= 0.3 is 0 Å². The molecule has 2 amide bonds. The molecule has 4 heterocycles. The van der Waals surface area contributed by atoms with Gasteiger partial charge in [0.05, 0.1) is 6.26 Å². The third-order valence-electron chi connectivity index (χ3n) is 4.92. The van der Waals surface area contributed by atoms with Gasteiger partial charge in [-0.2, -0.15) is 0 Å². The highest BCUT2D eigenvalue weighted by Gasteiger charge is 2.33. The highest BCUT2D eigenvalue weighted by atomic mass is 16.3. The second-order valence-corrected chi connectivity index (χ2v) is 7.03. The van der Waals surface area contributed by atoms with Gasteiger partial charge in [0.25, 0.3) is 5.91 Å². The van der Waals surface area contributed by atoms with Crippen molar-refractivity contribution < 1.29 is 14.0 Å². The molecule has 9 heteroatoms. The first kappa shape index (κ1) is 17.3. The van der Waals surface area contributed by atoms with Crippen LogP contribution in [0.1, 0.15) is 24.4 Å². The van der Waals surface area contributed by atoms with Crippen LogP contribution in [0.25, 0.3) is 0 Å². The van der Waals surface area contributed by atoms with Gasteiger partial charge < -0.3 is 24.9 Å². The monoisotopic (exact) mass is 370 g/mol. The number of nitrogens with one attached hydrogen (secondary N) is 2. The molecule has 1 fully saturated rings. The summed E-state index contributed by atoms with van der Waals surface area (Å²) in [5.74, 6) is 1.60. The van der Waals surface area contributed by atoms with E-state index in [1.165, 1.54) is 12.6 Å². The van der Waals surface area contributed by atoms with E-state index < -0.39 is 0 Å². The van der Waals surface area contributed by atoms with Crippen LogP contribution in [0.4, 0.5) is 17.3 Å². The average Bonchev–Trinajstić information content (AvgIpc) is 3.21. The Morgan fingerprint density at radius 3 is 2.70 bits per heavy atom. The predicted molar refractivity (Wildman–Crippen MR) is 99.7 cm³/mol. The van der Waals surface area contributed by atoms with Crippen molar-refractivity contribution in [2.75, 3.05) is 41.7 Å². The molecule has 0 aromatic carbocycles. The summed E-state index contributed by atoms with van der Waals surface area (Å²) in [7, 11) is 0. The van der Waals surface area contributed by atoms with Crippen LogP contribution in [0.5, 0.6) is 0 Å².